The third-order valence-corrected chi connectivity index (χ3v) is 3.61. The Bertz CT molecular complexity index is 384. The number of ether oxygens (including phenoxy) is 2. The highest BCUT2D eigenvalue weighted by Gasteiger charge is 2.20. The lowest BCUT2D eigenvalue weighted by molar-refractivity contribution is 0.173. The van der Waals surface area contributed by atoms with Crippen LogP contribution in [0.1, 0.15) is 31.2 Å². The summed E-state index contributed by atoms with van der Waals surface area (Å²) in [7, 11) is 0. The van der Waals surface area contributed by atoms with E-state index in [1.807, 2.05) is 6.07 Å². The van der Waals surface area contributed by atoms with Gasteiger partial charge in [-0.1, -0.05) is 25.0 Å². The van der Waals surface area contributed by atoms with Gasteiger partial charge in [0.1, 0.15) is 0 Å². The minimum Gasteiger partial charge on any atom is -0.454 e. The molecule has 1 atom stereocenters. The SMILES string of the molecule is c1cc(CC2CCCCCN2)c2c(c1)OCO2. The lowest BCUT2D eigenvalue weighted by atomic mass is 10.0. The smallest absolute Gasteiger partial charge is 0.231 e. The van der Waals surface area contributed by atoms with Gasteiger partial charge in [0.15, 0.2) is 11.5 Å². The summed E-state index contributed by atoms with van der Waals surface area (Å²) in [6.07, 6.45) is 6.32. The van der Waals surface area contributed by atoms with Crippen LogP contribution in [0.5, 0.6) is 11.5 Å². The lowest BCUT2D eigenvalue weighted by Gasteiger charge is -2.16. The Labute approximate surface area is 102 Å². The Morgan fingerprint density at radius 1 is 1.18 bits per heavy atom. The molecule has 1 fully saturated rings. The molecule has 0 radical (unpaired) electrons. The van der Waals surface area contributed by atoms with E-state index < -0.39 is 0 Å². The molecular weight excluding hydrogens is 214 g/mol. The van der Waals surface area contributed by atoms with E-state index in [1.54, 1.807) is 0 Å². The van der Waals surface area contributed by atoms with E-state index in [9.17, 15) is 0 Å². The molecule has 2 aliphatic rings. The molecule has 17 heavy (non-hydrogen) atoms. The predicted octanol–water partition coefficient (Wildman–Crippen LogP) is 2.49. The first-order valence-corrected chi connectivity index (χ1v) is 6.54. The molecule has 3 rings (SSSR count). The third kappa shape index (κ3) is 2.39. The van der Waals surface area contributed by atoms with Crippen LogP contribution in [0.4, 0.5) is 0 Å². The van der Waals surface area contributed by atoms with Gasteiger partial charge in [-0.15, -0.1) is 0 Å². The Kier molecular flexibility index (Phi) is 3.18. The summed E-state index contributed by atoms with van der Waals surface area (Å²) in [5.74, 6) is 1.86. The molecule has 92 valence electrons. The molecule has 0 aliphatic carbocycles. The van der Waals surface area contributed by atoms with Gasteiger partial charge in [-0.25, -0.2) is 0 Å². The average Bonchev–Trinajstić information content (AvgIpc) is 2.69. The summed E-state index contributed by atoms with van der Waals surface area (Å²) < 4.78 is 11.0. The van der Waals surface area contributed by atoms with Crippen molar-refractivity contribution in [1.29, 1.82) is 0 Å². The van der Waals surface area contributed by atoms with Gasteiger partial charge in [-0.2, -0.15) is 0 Å². The van der Waals surface area contributed by atoms with E-state index in [0.29, 0.717) is 12.8 Å². The third-order valence-electron chi connectivity index (χ3n) is 3.61. The maximum absolute atomic E-state index is 5.55. The van der Waals surface area contributed by atoms with Crippen molar-refractivity contribution in [2.45, 2.75) is 38.1 Å². The highest BCUT2D eigenvalue weighted by atomic mass is 16.7. The fourth-order valence-corrected chi connectivity index (χ4v) is 2.69. The molecule has 1 aromatic carbocycles. The van der Waals surface area contributed by atoms with E-state index in [-0.39, 0.29) is 0 Å². The summed E-state index contributed by atoms with van der Waals surface area (Å²) in [6.45, 7) is 1.52. The van der Waals surface area contributed by atoms with Gasteiger partial charge < -0.3 is 14.8 Å². The van der Waals surface area contributed by atoms with Gasteiger partial charge in [0.05, 0.1) is 0 Å². The summed E-state index contributed by atoms with van der Waals surface area (Å²) in [5.41, 5.74) is 1.28. The zero-order chi connectivity index (χ0) is 11.5. The molecule has 1 aromatic rings. The van der Waals surface area contributed by atoms with Crippen LogP contribution < -0.4 is 14.8 Å². The van der Waals surface area contributed by atoms with Crippen molar-refractivity contribution in [3.8, 4) is 11.5 Å². The van der Waals surface area contributed by atoms with Crippen molar-refractivity contribution in [2.24, 2.45) is 0 Å². The summed E-state index contributed by atoms with van der Waals surface area (Å²) in [5, 5.41) is 3.62. The maximum Gasteiger partial charge on any atom is 0.231 e. The van der Waals surface area contributed by atoms with Gasteiger partial charge in [-0.3, -0.25) is 0 Å². The van der Waals surface area contributed by atoms with Gasteiger partial charge in [0.25, 0.3) is 0 Å². The molecular formula is C14H19NO2. The summed E-state index contributed by atoms with van der Waals surface area (Å²) in [6, 6.07) is 6.78. The fourth-order valence-electron chi connectivity index (χ4n) is 2.69. The largest absolute Gasteiger partial charge is 0.454 e. The Balaban J connectivity index is 1.74. The summed E-state index contributed by atoms with van der Waals surface area (Å²) >= 11 is 0. The van der Waals surface area contributed by atoms with Crippen molar-refractivity contribution in [1.82, 2.24) is 5.32 Å². The average molecular weight is 233 g/mol. The zero-order valence-corrected chi connectivity index (χ0v) is 10.1. The number of benzene rings is 1. The molecule has 1 unspecified atom stereocenters. The highest BCUT2D eigenvalue weighted by molar-refractivity contribution is 5.48. The number of rotatable bonds is 2. The molecule has 0 aromatic heterocycles. The van der Waals surface area contributed by atoms with E-state index >= 15 is 0 Å². The van der Waals surface area contributed by atoms with Crippen LogP contribution in [0.15, 0.2) is 18.2 Å². The maximum atomic E-state index is 5.55. The van der Waals surface area contributed by atoms with Crippen LogP contribution in [0.25, 0.3) is 0 Å². The number of nitrogens with one attached hydrogen (secondary N) is 1. The molecule has 0 spiro atoms. The van der Waals surface area contributed by atoms with Crippen LogP contribution in [0.3, 0.4) is 0 Å². The highest BCUT2D eigenvalue weighted by Crippen LogP contribution is 2.36. The van der Waals surface area contributed by atoms with Crippen LogP contribution in [-0.4, -0.2) is 19.4 Å². The summed E-state index contributed by atoms with van der Waals surface area (Å²) in [4.78, 5) is 0. The van der Waals surface area contributed by atoms with Crippen molar-refractivity contribution in [2.75, 3.05) is 13.3 Å². The first kappa shape index (κ1) is 10.9. The van der Waals surface area contributed by atoms with Crippen molar-refractivity contribution in [3.05, 3.63) is 23.8 Å². The van der Waals surface area contributed by atoms with Crippen LogP contribution in [0.2, 0.25) is 0 Å². The van der Waals surface area contributed by atoms with E-state index in [1.165, 1.54) is 31.2 Å². The zero-order valence-electron chi connectivity index (χ0n) is 10.1. The molecule has 3 nitrogen and oxygen atoms in total. The monoisotopic (exact) mass is 233 g/mol. The second kappa shape index (κ2) is 4.96. The Morgan fingerprint density at radius 2 is 2.18 bits per heavy atom. The number of para-hydroxylation sites is 1. The van der Waals surface area contributed by atoms with Gasteiger partial charge in [-0.05, 0) is 37.4 Å². The minimum atomic E-state index is 0.366. The Hall–Kier alpha value is -1.22. The quantitative estimate of drug-likeness (QED) is 0.851. The second-order valence-electron chi connectivity index (χ2n) is 4.86. The molecule has 2 aliphatic heterocycles. The van der Waals surface area contributed by atoms with E-state index in [4.69, 9.17) is 9.47 Å². The van der Waals surface area contributed by atoms with Crippen molar-refractivity contribution in [3.63, 3.8) is 0 Å². The van der Waals surface area contributed by atoms with E-state index in [0.717, 1.165) is 24.5 Å². The van der Waals surface area contributed by atoms with Crippen LogP contribution >= 0.6 is 0 Å². The molecule has 3 heteroatoms. The van der Waals surface area contributed by atoms with E-state index in [2.05, 4.69) is 17.4 Å². The van der Waals surface area contributed by atoms with Crippen LogP contribution in [0, 0.1) is 0 Å². The Morgan fingerprint density at radius 3 is 3.18 bits per heavy atom. The standard InChI is InChI=1S/C14H19NO2/c1-2-6-12(15-8-3-1)9-11-5-4-7-13-14(11)17-10-16-13/h4-5,7,12,15H,1-3,6,8-10H2. The molecule has 0 bridgehead atoms. The van der Waals surface area contributed by atoms with Crippen molar-refractivity contribution < 1.29 is 9.47 Å². The molecule has 1 N–H and O–H groups in total. The topological polar surface area (TPSA) is 30.5 Å². The van der Waals surface area contributed by atoms with Gasteiger partial charge >= 0.3 is 0 Å². The first-order valence-electron chi connectivity index (χ1n) is 6.54. The number of fused-ring (bicyclic) bond motifs is 1. The van der Waals surface area contributed by atoms with Gasteiger partial charge in [0, 0.05) is 6.04 Å². The fraction of sp³-hybridized carbons (Fsp3) is 0.571. The van der Waals surface area contributed by atoms with Crippen LogP contribution in [-0.2, 0) is 6.42 Å². The lowest BCUT2D eigenvalue weighted by Crippen LogP contribution is -2.30. The normalized spacial score (nSPS) is 23.4. The van der Waals surface area contributed by atoms with Gasteiger partial charge in [0.2, 0.25) is 6.79 Å². The first-order chi connectivity index (χ1) is 8.43. The molecule has 0 saturated carbocycles. The molecule has 0 amide bonds. The second-order valence-corrected chi connectivity index (χ2v) is 4.86. The minimum absolute atomic E-state index is 0.366. The number of hydrogen-bond acceptors (Lipinski definition) is 3. The molecule has 1 saturated heterocycles. The molecule has 2 heterocycles. The number of hydrogen-bond donors (Lipinski definition) is 1. The van der Waals surface area contributed by atoms with Crippen molar-refractivity contribution >= 4 is 0 Å². The predicted molar refractivity (Wildman–Crippen MR) is 66.5 cm³/mol.